The van der Waals surface area contributed by atoms with E-state index in [1.807, 2.05) is 42.3 Å². The third-order valence-corrected chi connectivity index (χ3v) is 4.69. The first-order chi connectivity index (χ1) is 5.83. The van der Waals surface area contributed by atoms with Crippen LogP contribution in [0, 0.1) is 0 Å². The summed E-state index contributed by atoms with van der Waals surface area (Å²) in [6.45, 7) is 0. The molecule has 0 saturated heterocycles. The van der Waals surface area contributed by atoms with Gasteiger partial charge in [0.05, 0.1) is 0 Å². The number of aliphatic hydroxyl groups excluding tert-OH is 1. The third kappa shape index (κ3) is 3.75. The molecule has 0 atom stereocenters. The van der Waals surface area contributed by atoms with Crippen molar-refractivity contribution < 1.29 is 9.67 Å². The molecule has 6 heteroatoms. The van der Waals surface area contributed by atoms with Crippen LogP contribution in [0.1, 0.15) is 0 Å². The second kappa shape index (κ2) is 6.51. The minimum Gasteiger partial charge on any atom is -0.400 e. The maximum Gasteiger partial charge on any atom is 0.285 e. The number of hydrogen-bond acceptors (Lipinski definition) is 2. The van der Waals surface area contributed by atoms with E-state index < -0.39 is 7.59 Å². The first-order valence-corrected chi connectivity index (χ1v) is 5.48. The monoisotopic (exact) mass is 211 g/mol. The lowest BCUT2D eigenvalue weighted by Gasteiger charge is -2.34. The zero-order valence-electron chi connectivity index (χ0n) is 9.64. The lowest BCUT2D eigenvalue weighted by atomic mass is 11.2. The summed E-state index contributed by atoms with van der Waals surface area (Å²) in [5, 5.41) is 7.00. The van der Waals surface area contributed by atoms with Gasteiger partial charge in [0, 0.05) is 7.11 Å². The Kier molecular flexibility index (Phi) is 7.78. The molecule has 0 aliphatic heterocycles. The topological polar surface area (TPSA) is 47.0 Å². The van der Waals surface area contributed by atoms with E-state index in [0.29, 0.717) is 0 Å². The Morgan fingerprint density at radius 3 is 0.923 bits per heavy atom. The van der Waals surface area contributed by atoms with Crippen LogP contribution >= 0.6 is 7.59 Å². The Morgan fingerprint density at radius 2 is 0.923 bits per heavy atom. The first kappa shape index (κ1) is 15.5. The van der Waals surface area contributed by atoms with Gasteiger partial charge in [-0.3, -0.25) is 4.57 Å². The van der Waals surface area contributed by atoms with Crippen LogP contribution in [0.2, 0.25) is 0 Å². The highest BCUT2D eigenvalue weighted by molar-refractivity contribution is 7.56. The fourth-order valence-electron chi connectivity index (χ4n) is 1.07. The van der Waals surface area contributed by atoms with E-state index in [2.05, 4.69) is 0 Å². The molecule has 0 fully saturated rings. The molecule has 0 aromatic heterocycles. The Labute approximate surface area is 81.5 Å². The maximum atomic E-state index is 12.1. The predicted octanol–water partition coefficient (Wildman–Crippen LogP) is 0.388. The zero-order valence-corrected chi connectivity index (χ0v) is 10.5. The molecule has 82 valence electrons. The molecule has 0 aromatic carbocycles. The van der Waals surface area contributed by atoms with Crippen LogP contribution in [0.4, 0.5) is 0 Å². The summed E-state index contributed by atoms with van der Waals surface area (Å²) in [7, 11) is 9.49. The Morgan fingerprint density at radius 1 is 0.769 bits per heavy atom. The van der Waals surface area contributed by atoms with Crippen molar-refractivity contribution >= 4 is 7.59 Å². The highest BCUT2D eigenvalue weighted by Gasteiger charge is 2.30. The molecule has 0 rings (SSSR count). The molecule has 0 aromatic rings. The van der Waals surface area contributed by atoms with Crippen molar-refractivity contribution in [1.29, 1.82) is 0 Å². The van der Waals surface area contributed by atoms with Gasteiger partial charge in [-0.1, -0.05) is 0 Å². The maximum absolute atomic E-state index is 12.1. The largest absolute Gasteiger partial charge is 0.400 e. The second-order valence-electron chi connectivity index (χ2n) is 3.05. The Bertz CT molecular complexity index is 143. The summed E-state index contributed by atoms with van der Waals surface area (Å²) >= 11 is 0. The van der Waals surface area contributed by atoms with Gasteiger partial charge >= 0.3 is 0 Å². The first-order valence-electron chi connectivity index (χ1n) is 3.91. The van der Waals surface area contributed by atoms with E-state index in [4.69, 9.17) is 5.11 Å². The lowest BCUT2D eigenvalue weighted by molar-refractivity contribution is 0.383. The van der Waals surface area contributed by atoms with Gasteiger partial charge < -0.3 is 5.11 Å². The van der Waals surface area contributed by atoms with Crippen molar-refractivity contribution in [2.45, 2.75) is 0 Å². The van der Waals surface area contributed by atoms with Gasteiger partial charge in [-0.25, -0.2) is 14.0 Å². The summed E-state index contributed by atoms with van der Waals surface area (Å²) in [5.74, 6) is 0. The molecule has 1 N–H and O–H groups in total. The molecule has 0 unspecified atom stereocenters. The van der Waals surface area contributed by atoms with Gasteiger partial charge in [-0.15, -0.1) is 0 Å². The molecule has 0 heterocycles. The van der Waals surface area contributed by atoms with Gasteiger partial charge in [0.25, 0.3) is 7.59 Å². The van der Waals surface area contributed by atoms with Crippen LogP contribution in [0.5, 0.6) is 0 Å². The van der Waals surface area contributed by atoms with Gasteiger partial charge in [0.2, 0.25) is 0 Å². The van der Waals surface area contributed by atoms with E-state index in [-0.39, 0.29) is 0 Å². The number of hydrogen-bond donors (Lipinski definition) is 1. The van der Waals surface area contributed by atoms with Crippen LogP contribution in [0.25, 0.3) is 0 Å². The minimum absolute atomic E-state index is 1.00. The highest BCUT2D eigenvalue weighted by Crippen LogP contribution is 2.50. The molecule has 13 heavy (non-hydrogen) atoms. The molecule has 0 bridgehead atoms. The van der Waals surface area contributed by atoms with E-state index in [1.165, 1.54) is 0 Å². The summed E-state index contributed by atoms with van der Waals surface area (Å²) in [6, 6.07) is 0. The molecule has 5 nitrogen and oxygen atoms in total. The van der Waals surface area contributed by atoms with Crippen molar-refractivity contribution in [1.82, 2.24) is 14.0 Å². The molecule has 0 aliphatic carbocycles. The van der Waals surface area contributed by atoms with E-state index in [9.17, 15) is 4.57 Å². The molecule has 0 aliphatic rings. The molecular weight excluding hydrogens is 189 g/mol. The molecule has 0 saturated carbocycles. The number of aliphatic hydroxyl groups is 1. The summed E-state index contributed by atoms with van der Waals surface area (Å²) < 4.78 is 17.3. The predicted molar refractivity (Wildman–Crippen MR) is 56.8 cm³/mol. The van der Waals surface area contributed by atoms with Crippen molar-refractivity contribution in [3.8, 4) is 0 Å². The fraction of sp³-hybridized carbons (Fsp3) is 1.00. The van der Waals surface area contributed by atoms with Crippen LogP contribution in [-0.2, 0) is 4.57 Å². The fourth-order valence-corrected chi connectivity index (χ4v) is 3.22. The molecular formula is C7H22N3O2P. The zero-order chi connectivity index (χ0) is 11.2. The van der Waals surface area contributed by atoms with Gasteiger partial charge in [-0.2, -0.15) is 0 Å². The van der Waals surface area contributed by atoms with Crippen LogP contribution < -0.4 is 0 Å². The van der Waals surface area contributed by atoms with E-state index in [0.717, 1.165) is 7.11 Å². The minimum atomic E-state index is -2.44. The Balaban J connectivity index is 0. The van der Waals surface area contributed by atoms with E-state index in [1.54, 1.807) is 14.0 Å². The van der Waals surface area contributed by atoms with Crippen molar-refractivity contribution in [2.24, 2.45) is 0 Å². The standard InChI is InChI=1S/C6H18N3OP.CH4O/c1-7(2)11(10,8(3)4)9(5)6;1-2/h1-6H3;2H,1H3. The highest BCUT2D eigenvalue weighted by atomic mass is 31.2. The molecule has 0 amide bonds. The van der Waals surface area contributed by atoms with Gasteiger partial charge in [0.15, 0.2) is 0 Å². The lowest BCUT2D eigenvalue weighted by Crippen LogP contribution is -2.30. The SMILES string of the molecule is CN(C)P(=O)(N(C)C)N(C)C.CO. The van der Waals surface area contributed by atoms with Crippen molar-refractivity contribution in [2.75, 3.05) is 49.4 Å². The summed E-state index contributed by atoms with van der Waals surface area (Å²) in [4.78, 5) is 0. The van der Waals surface area contributed by atoms with Gasteiger partial charge in [0.1, 0.15) is 0 Å². The normalized spacial score (nSPS) is 11.9. The average molecular weight is 211 g/mol. The number of rotatable bonds is 3. The molecule has 0 radical (unpaired) electrons. The van der Waals surface area contributed by atoms with Crippen molar-refractivity contribution in [3.63, 3.8) is 0 Å². The van der Waals surface area contributed by atoms with E-state index >= 15 is 0 Å². The van der Waals surface area contributed by atoms with Gasteiger partial charge in [-0.05, 0) is 42.3 Å². The average Bonchev–Trinajstić information content (AvgIpc) is 2.05. The molecule has 0 spiro atoms. The summed E-state index contributed by atoms with van der Waals surface area (Å²) in [6.07, 6.45) is 0. The summed E-state index contributed by atoms with van der Waals surface area (Å²) in [5.41, 5.74) is 0. The van der Waals surface area contributed by atoms with Crippen LogP contribution in [0.15, 0.2) is 0 Å². The quantitative estimate of drug-likeness (QED) is 0.684. The van der Waals surface area contributed by atoms with Crippen molar-refractivity contribution in [3.05, 3.63) is 0 Å². The number of nitrogens with zero attached hydrogens (tertiary/aromatic N) is 3. The van der Waals surface area contributed by atoms with Crippen LogP contribution in [-0.4, -0.2) is 68.5 Å². The smallest absolute Gasteiger partial charge is 0.285 e. The third-order valence-electron chi connectivity index (χ3n) is 1.56. The van der Waals surface area contributed by atoms with Crippen LogP contribution in [0.3, 0.4) is 0 Å². The second-order valence-corrected chi connectivity index (χ2v) is 6.48. The Hall–Kier alpha value is 0.0700.